The first-order chi connectivity index (χ1) is 9.06. The lowest BCUT2D eigenvalue weighted by atomic mass is 9.96. The number of nitro groups is 1. The predicted molar refractivity (Wildman–Crippen MR) is 74.0 cm³/mol. The van der Waals surface area contributed by atoms with Gasteiger partial charge in [0, 0.05) is 6.07 Å². The number of aromatic hydroxyl groups is 1. The molecule has 5 nitrogen and oxygen atoms in total. The molecule has 0 radical (unpaired) electrons. The second kappa shape index (κ2) is 5.84. The van der Waals surface area contributed by atoms with E-state index >= 15 is 0 Å². The number of piperidine rings is 1. The summed E-state index contributed by atoms with van der Waals surface area (Å²) in [6, 6.07) is 4.46. The van der Waals surface area contributed by atoms with Crippen LogP contribution in [0.25, 0.3) is 6.08 Å². The zero-order valence-electron chi connectivity index (χ0n) is 11.0. The van der Waals surface area contributed by atoms with E-state index in [0.29, 0.717) is 5.92 Å². The zero-order chi connectivity index (χ0) is 13.8. The second-order valence-electron chi connectivity index (χ2n) is 5.01. The van der Waals surface area contributed by atoms with Gasteiger partial charge < -0.3 is 10.0 Å². The molecule has 1 aromatic rings. The average Bonchev–Trinajstić information content (AvgIpc) is 2.39. The summed E-state index contributed by atoms with van der Waals surface area (Å²) in [6.45, 7) is 2.18. The summed E-state index contributed by atoms with van der Waals surface area (Å²) in [5.41, 5.74) is 0.508. The van der Waals surface area contributed by atoms with Crippen molar-refractivity contribution in [3.8, 4) is 5.75 Å². The molecule has 5 heteroatoms. The molecule has 1 aliphatic heterocycles. The maximum atomic E-state index is 10.7. The van der Waals surface area contributed by atoms with Crippen LogP contribution in [-0.4, -0.2) is 35.1 Å². The van der Waals surface area contributed by atoms with Crippen molar-refractivity contribution in [1.82, 2.24) is 4.90 Å². The molecular formula is C14H18N2O3. The minimum atomic E-state index is -0.567. The Kier molecular flexibility index (Phi) is 4.16. The maximum absolute atomic E-state index is 10.7. The van der Waals surface area contributed by atoms with E-state index in [0.717, 1.165) is 31.5 Å². The SMILES string of the molecule is CN1CCC(/C=C\c2ccc(O)c([N+](=O)[O-])c2)CC1. The van der Waals surface area contributed by atoms with E-state index in [1.54, 1.807) is 6.07 Å². The van der Waals surface area contributed by atoms with E-state index in [4.69, 9.17) is 0 Å². The maximum Gasteiger partial charge on any atom is 0.311 e. The highest BCUT2D eigenvalue weighted by Crippen LogP contribution is 2.27. The summed E-state index contributed by atoms with van der Waals surface area (Å²) in [5.74, 6) is 0.241. The number of nitro benzene ring substituents is 1. The number of hydrogen-bond acceptors (Lipinski definition) is 4. The van der Waals surface area contributed by atoms with Crippen molar-refractivity contribution in [3.05, 3.63) is 40.0 Å². The number of likely N-dealkylation sites (tertiary alicyclic amines) is 1. The van der Waals surface area contributed by atoms with Crippen LogP contribution in [-0.2, 0) is 0 Å². The Hall–Kier alpha value is -1.88. The Labute approximate surface area is 112 Å². The van der Waals surface area contributed by atoms with Crippen molar-refractivity contribution < 1.29 is 10.0 Å². The molecule has 19 heavy (non-hydrogen) atoms. The minimum Gasteiger partial charge on any atom is -0.502 e. The summed E-state index contributed by atoms with van der Waals surface area (Å²) < 4.78 is 0. The Balaban J connectivity index is 2.06. The Morgan fingerprint density at radius 2 is 2.11 bits per heavy atom. The standard InChI is InChI=1S/C14H18N2O3/c1-15-8-6-11(7-9-15)2-3-12-4-5-14(17)13(10-12)16(18)19/h2-5,10-11,17H,6-9H2,1H3/b3-2-. The minimum absolute atomic E-state index is 0.245. The molecule has 0 aliphatic carbocycles. The number of phenols is 1. The largest absolute Gasteiger partial charge is 0.502 e. The molecule has 0 bridgehead atoms. The monoisotopic (exact) mass is 262 g/mol. The third kappa shape index (κ3) is 3.54. The molecule has 0 amide bonds. The topological polar surface area (TPSA) is 66.6 Å². The van der Waals surface area contributed by atoms with Crippen LogP contribution in [0.3, 0.4) is 0 Å². The molecule has 1 aliphatic rings. The van der Waals surface area contributed by atoms with Crippen molar-refractivity contribution in [3.63, 3.8) is 0 Å². The van der Waals surface area contributed by atoms with E-state index in [2.05, 4.69) is 18.0 Å². The van der Waals surface area contributed by atoms with Gasteiger partial charge in [-0.1, -0.05) is 18.2 Å². The molecule has 1 aromatic carbocycles. The fraction of sp³-hybridized carbons (Fsp3) is 0.429. The second-order valence-corrected chi connectivity index (χ2v) is 5.01. The van der Waals surface area contributed by atoms with Crippen molar-refractivity contribution in [2.45, 2.75) is 12.8 Å². The highest BCUT2D eigenvalue weighted by molar-refractivity contribution is 5.58. The number of nitrogens with zero attached hydrogens (tertiary/aromatic N) is 2. The van der Waals surface area contributed by atoms with Gasteiger partial charge in [0.15, 0.2) is 5.75 Å². The van der Waals surface area contributed by atoms with Gasteiger partial charge in [0.1, 0.15) is 0 Å². The summed E-state index contributed by atoms with van der Waals surface area (Å²) in [4.78, 5) is 12.5. The van der Waals surface area contributed by atoms with Crippen LogP contribution >= 0.6 is 0 Å². The van der Waals surface area contributed by atoms with Gasteiger partial charge in [0.05, 0.1) is 4.92 Å². The highest BCUT2D eigenvalue weighted by atomic mass is 16.6. The molecule has 1 heterocycles. The first-order valence-electron chi connectivity index (χ1n) is 6.40. The van der Waals surface area contributed by atoms with Crippen LogP contribution in [0.15, 0.2) is 24.3 Å². The van der Waals surface area contributed by atoms with Crippen LogP contribution in [0.5, 0.6) is 5.75 Å². The normalized spacial score (nSPS) is 17.9. The van der Waals surface area contributed by atoms with Crippen LogP contribution in [0.4, 0.5) is 5.69 Å². The van der Waals surface area contributed by atoms with E-state index in [-0.39, 0.29) is 11.4 Å². The quantitative estimate of drug-likeness (QED) is 0.671. The highest BCUT2D eigenvalue weighted by Gasteiger charge is 2.15. The number of rotatable bonds is 3. The molecule has 2 rings (SSSR count). The number of allylic oxidation sites excluding steroid dienone is 1. The average molecular weight is 262 g/mol. The molecule has 0 unspecified atom stereocenters. The molecule has 0 spiro atoms. The van der Waals surface area contributed by atoms with Crippen LogP contribution in [0.1, 0.15) is 18.4 Å². The lowest BCUT2D eigenvalue weighted by Crippen LogP contribution is -2.29. The fourth-order valence-electron chi connectivity index (χ4n) is 2.26. The summed E-state index contributed by atoms with van der Waals surface area (Å²) in [6.07, 6.45) is 6.26. The van der Waals surface area contributed by atoms with Gasteiger partial charge in [0.25, 0.3) is 0 Å². The molecule has 1 saturated heterocycles. The van der Waals surface area contributed by atoms with E-state index in [9.17, 15) is 15.2 Å². The number of phenolic OH excluding ortho intramolecular Hbond substituents is 1. The molecular weight excluding hydrogens is 244 g/mol. The molecule has 0 atom stereocenters. The van der Waals surface area contributed by atoms with Gasteiger partial charge >= 0.3 is 5.69 Å². The number of benzene rings is 1. The molecule has 0 aromatic heterocycles. The van der Waals surface area contributed by atoms with Crippen molar-refractivity contribution in [2.24, 2.45) is 5.92 Å². The fourth-order valence-corrected chi connectivity index (χ4v) is 2.26. The van der Waals surface area contributed by atoms with Crippen molar-refractivity contribution >= 4 is 11.8 Å². The van der Waals surface area contributed by atoms with E-state index in [1.165, 1.54) is 12.1 Å². The summed E-state index contributed by atoms with van der Waals surface area (Å²) >= 11 is 0. The number of hydrogen-bond donors (Lipinski definition) is 1. The van der Waals surface area contributed by atoms with Gasteiger partial charge in [-0.15, -0.1) is 0 Å². The van der Waals surface area contributed by atoms with Crippen LogP contribution in [0.2, 0.25) is 0 Å². The lowest BCUT2D eigenvalue weighted by Gasteiger charge is -2.26. The Morgan fingerprint density at radius 3 is 2.74 bits per heavy atom. The van der Waals surface area contributed by atoms with Gasteiger partial charge in [0.2, 0.25) is 0 Å². The smallest absolute Gasteiger partial charge is 0.311 e. The third-order valence-corrected chi connectivity index (χ3v) is 3.52. The first kappa shape index (κ1) is 13.5. The Bertz CT molecular complexity index is 491. The van der Waals surface area contributed by atoms with Gasteiger partial charge in [-0.25, -0.2) is 0 Å². The van der Waals surface area contributed by atoms with Gasteiger partial charge in [-0.3, -0.25) is 10.1 Å². The third-order valence-electron chi connectivity index (χ3n) is 3.52. The van der Waals surface area contributed by atoms with Crippen LogP contribution in [0, 0.1) is 16.0 Å². The first-order valence-corrected chi connectivity index (χ1v) is 6.40. The van der Waals surface area contributed by atoms with Crippen molar-refractivity contribution in [1.29, 1.82) is 0 Å². The Morgan fingerprint density at radius 1 is 1.42 bits per heavy atom. The lowest BCUT2D eigenvalue weighted by molar-refractivity contribution is -0.385. The molecule has 1 fully saturated rings. The van der Waals surface area contributed by atoms with Crippen LogP contribution < -0.4 is 0 Å². The molecule has 0 saturated carbocycles. The van der Waals surface area contributed by atoms with Gasteiger partial charge in [-0.05, 0) is 50.5 Å². The summed E-state index contributed by atoms with van der Waals surface area (Å²) in [5, 5.41) is 20.1. The van der Waals surface area contributed by atoms with E-state index < -0.39 is 4.92 Å². The van der Waals surface area contributed by atoms with Crippen molar-refractivity contribution in [2.75, 3.05) is 20.1 Å². The zero-order valence-corrected chi connectivity index (χ0v) is 11.0. The summed E-state index contributed by atoms with van der Waals surface area (Å²) in [7, 11) is 2.11. The van der Waals surface area contributed by atoms with Gasteiger partial charge in [-0.2, -0.15) is 0 Å². The predicted octanol–water partition coefficient (Wildman–Crippen LogP) is 2.66. The molecule has 1 N–H and O–H groups in total. The molecule has 102 valence electrons. The van der Waals surface area contributed by atoms with E-state index in [1.807, 2.05) is 6.08 Å².